The zero-order valence-corrected chi connectivity index (χ0v) is 12.1. The van der Waals surface area contributed by atoms with Gasteiger partial charge in [0.1, 0.15) is 5.76 Å². The predicted octanol–water partition coefficient (Wildman–Crippen LogP) is 3.33. The summed E-state index contributed by atoms with van der Waals surface area (Å²) >= 11 is 2.02. The smallest absolute Gasteiger partial charge is 0.257 e. The Kier molecular flexibility index (Phi) is 4.38. The molecule has 2 rings (SSSR count). The molecule has 1 aromatic heterocycles. The predicted molar refractivity (Wildman–Crippen MR) is 75.1 cm³/mol. The lowest BCUT2D eigenvalue weighted by Crippen LogP contribution is -2.35. The van der Waals surface area contributed by atoms with Gasteiger partial charge in [0.05, 0.1) is 11.8 Å². The van der Waals surface area contributed by atoms with Gasteiger partial charge in [0.15, 0.2) is 0 Å². The molecule has 0 aliphatic heterocycles. The Morgan fingerprint density at radius 2 is 2.33 bits per heavy atom. The van der Waals surface area contributed by atoms with E-state index in [1.807, 2.05) is 30.6 Å². The van der Waals surface area contributed by atoms with Crippen molar-refractivity contribution in [1.82, 2.24) is 4.90 Å². The molecule has 1 aliphatic carbocycles. The maximum absolute atomic E-state index is 12.3. The lowest BCUT2D eigenvalue weighted by atomic mass is 10.1. The number of thioether (sulfide) groups is 1. The first kappa shape index (κ1) is 13.5. The summed E-state index contributed by atoms with van der Waals surface area (Å²) < 4.78 is 5.21. The van der Waals surface area contributed by atoms with Crippen LogP contribution in [0.5, 0.6) is 0 Å². The van der Waals surface area contributed by atoms with Crippen LogP contribution in [0.4, 0.5) is 0 Å². The number of aryl methyl sites for hydroxylation is 1. The molecule has 0 bridgehead atoms. The summed E-state index contributed by atoms with van der Waals surface area (Å²) in [6, 6.07) is 2.15. The minimum atomic E-state index is 0.0911. The van der Waals surface area contributed by atoms with E-state index in [-0.39, 0.29) is 5.91 Å². The summed E-state index contributed by atoms with van der Waals surface area (Å²) in [5.74, 6) is 1.97. The molecule has 1 amide bonds. The standard InChI is InChI=1S/C14H21NO2S/c1-4-18-12-6-5-11(9-12)15(3)14(16)13-7-8-17-10(13)2/h7-8,11-12H,4-6,9H2,1-3H3/t11-,12+/m1/s1. The molecule has 1 aliphatic rings. The Balaban J connectivity index is 1.98. The van der Waals surface area contributed by atoms with Crippen LogP contribution in [0.3, 0.4) is 0 Å². The minimum Gasteiger partial charge on any atom is -0.469 e. The van der Waals surface area contributed by atoms with Crippen molar-refractivity contribution in [2.75, 3.05) is 12.8 Å². The monoisotopic (exact) mass is 267 g/mol. The second-order valence-corrected chi connectivity index (χ2v) is 6.43. The van der Waals surface area contributed by atoms with Crippen LogP contribution in [-0.2, 0) is 0 Å². The number of furan rings is 1. The van der Waals surface area contributed by atoms with Gasteiger partial charge in [-0.25, -0.2) is 0 Å². The molecule has 1 fully saturated rings. The van der Waals surface area contributed by atoms with E-state index in [4.69, 9.17) is 4.42 Å². The number of nitrogens with zero attached hydrogens (tertiary/aromatic N) is 1. The second kappa shape index (κ2) is 5.83. The third kappa shape index (κ3) is 2.74. The molecule has 0 N–H and O–H groups in total. The van der Waals surface area contributed by atoms with Gasteiger partial charge in [-0.2, -0.15) is 11.8 Å². The van der Waals surface area contributed by atoms with Crippen molar-refractivity contribution >= 4 is 17.7 Å². The molecule has 4 heteroatoms. The van der Waals surface area contributed by atoms with Crippen LogP contribution in [0.25, 0.3) is 0 Å². The fourth-order valence-electron chi connectivity index (χ4n) is 2.62. The summed E-state index contributed by atoms with van der Waals surface area (Å²) in [5.41, 5.74) is 0.698. The maximum Gasteiger partial charge on any atom is 0.257 e. The van der Waals surface area contributed by atoms with Crippen LogP contribution in [0.15, 0.2) is 16.7 Å². The minimum absolute atomic E-state index is 0.0911. The highest BCUT2D eigenvalue weighted by atomic mass is 32.2. The van der Waals surface area contributed by atoms with Crippen molar-refractivity contribution < 1.29 is 9.21 Å². The van der Waals surface area contributed by atoms with Gasteiger partial charge in [0.25, 0.3) is 5.91 Å². The quantitative estimate of drug-likeness (QED) is 0.839. The van der Waals surface area contributed by atoms with E-state index < -0.39 is 0 Å². The molecule has 1 heterocycles. The van der Waals surface area contributed by atoms with Crippen LogP contribution >= 0.6 is 11.8 Å². The molecule has 1 saturated carbocycles. The van der Waals surface area contributed by atoms with Crippen LogP contribution in [0.2, 0.25) is 0 Å². The molecule has 18 heavy (non-hydrogen) atoms. The van der Waals surface area contributed by atoms with Gasteiger partial charge in [-0.1, -0.05) is 6.92 Å². The molecule has 100 valence electrons. The number of carbonyl (C=O) groups excluding carboxylic acids is 1. The first-order chi connectivity index (χ1) is 8.63. The van der Waals surface area contributed by atoms with Crippen LogP contribution in [0, 0.1) is 6.92 Å². The Bertz CT molecular complexity index is 416. The fourth-order valence-corrected chi connectivity index (χ4v) is 3.75. The normalized spacial score (nSPS) is 23.3. The third-order valence-corrected chi connectivity index (χ3v) is 4.95. The second-order valence-electron chi connectivity index (χ2n) is 4.85. The van der Waals surface area contributed by atoms with Crippen molar-refractivity contribution in [3.63, 3.8) is 0 Å². The SMILES string of the molecule is CCS[C@H]1CC[C@@H](N(C)C(=O)c2ccoc2C)C1. The van der Waals surface area contributed by atoms with Gasteiger partial charge < -0.3 is 9.32 Å². The lowest BCUT2D eigenvalue weighted by molar-refractivity contribution is 0.0733. The van der Waals surface area contributed by atoms with E-state index in [1.54, 1.807) is 12.3 Å². The van der Waals surface area contributed by atoms with E-state index in [0.29, 0.717) is 17.4 Å². The molecule has 0 radical (unpaired) electrons. The van der Waals surface area contributed by atoms with Crippen molar-refractivity contribution in [1.29, 1.82) is 0 Å². The Labute approximate surface area is 113 Å². The molecule has 0 spiro atoms. The molecule has 3 nitrogen and oxygen atoms in total. The number of hydrogen-bond donors (Lipinski definition) is 0. The zero-order chi connectivity index (χ0) is 13.1. The Morgan fingerprint density at radius 1 is 1.56 bits per heavy atom. The Hall–Kier alpha value is -0.900. The van der Waals surface area contributed by atoms with Gasteiger partial charge in [-0.3, -0.25) is 4.79 Å². The Morgan fingerprint density at radius 3 is 2.94 bits per heavy atom. The topological polar surface area (TPSA) is 33.5 Å². The molecular weight excluding hydrogens is 246 g/mol. The zero-order valence-electron chi connectivity index (χ0n) is 11.3. The maximum atomic E-state index is 12.3. The van der Waals surface area contributed by atoms with E-state index in [0.717, 1.165) is 23.8 Å². The molecule has 0 unspecified atom stereocenters. The highest BCUT2D eigenvalue weighted by Crippen LogP contribution is 2.32. The summed E-state index contributed by atoms with van der Waals surface area (Å²) in [4.78, 5) is 14.2. The molecule has 1 aromatic rings. The third-order valence-electron chi connectivity index (χ3n) is 3.72. The average Bonchev–Trinajstić information content (AvgIpc) is 2.97. The summed E-state index contributed by atoms with van der Waals surface area (Å²) in [6.07, 6.45) is 5.06. The van der Waals surface area contributed by atoms with Crippen molar-refractivity contribution in [3.8, 4) is 0 Å². The van der Waals surface area contributed by atoms with E-state index in [9.17, 15) is 4.79 Å². The van der Waals surface area contributed by atoms with Crippen LogP contribution in [-0.4, -0.2) is 34.9 Å². The molecule has 2 atom stereocenters. The van der Waals surface area contributed by atoms with Crippen LogP contribution in [0.1, 0.15) is 42.3 Å². The number of carbonyl (C=O) groups is 1. The largest absolute Gasteiger partial charge is 0.469 e. The van der Waals surface area contributed by atoms with E-state index in [1.165, 1.54) is 6.42 Å². The number of rotatable bonds is 4. The number of amides is 1. The first-order valence-corrected chi connectivity index (χ1v) is 7.61. The van der Waals surface area contributed by atoms with Gasteiger partial charge in [0.2, 0.25) is 0 Å². The first-order valence-electron chi connectivity index (χ1n) is 6.56. The van der Waals surface area contributed by atoms with Gasteiger partial charge in [-0.05, 0) is 38.0 Å². The van der Waals surface area contributed by atoms with E-state index in [2.05, 4.69) is 6.92 Å². The lowest BCUT2D eigenvalue weighted by Gasteiger charge is -2.24. The van der Waals surface area contributed by atoms with Gasteiger partial charge in [-0.15, -0.1) is 0 Å². The summed E-state index contributed by atoms with van der Waals surface area (Å²) in [6.45, 7) is 4.03. The molecule has 0 saturated heterocycles. The van der Waals surface area contributed by atoms with Crippen LogP contribution < -0.4 is 0 Å². The molecular formula is C14H21NO2S. The summed E-state index contributed by atoms with van der Waals surface area (Å²) in [7, 11) is 1.92. The number of hydrogen-bond acceptors (Lipinski definition) is 3. The highest BCUT2D eigenvalue weighted by molar-refractivity contribution is 7.99. The highest BCUT2D eigenvalue weighted by Gasteiger charge is 2.30. The van der Waals surface area contributed by atoms with Crippen molar-refractivity contribution in [3.05, 3.63) is 23.7 Å². The fraction of sp³-hybridized carbons (Fsp3) is 0.643. The molecule has 0 aromatic carbocycles. The summed E-state index contributed by atoms with van der Waals surface area (Å²) in [5, 5.41) is 0.723. The van der Waals surface area contributed by atoms with Crippen molar-refractivity contribution in [2.45, 2.75) is 44.4 Å². The van der Waals surface area contributed by atoms with E-state index >= 15 is 0 Å². The average molecular weight is 267 g/mol. The van der Waals surface area contributed by atoms with Crippen molar-refractivity contribution in [2.24, 2.45) is 0 Å². The van der Waals surface area contributed by atoms with Gasteiger partial charge >= 0.3 is 0 Å². The van der Waals surface area contributed by atoms with Gasteiger partial charge in [0, 0.05) is 18.3 Å².